The lowest BCUT2D eigenvalue weighted by molar-refractivity contribution is -0.0442. The second-order valence-corrected chi connectivity index (χ2v) is 6.82. The highest BCUT2D eigenvalue weighted by Crippen LogP contribution is 2.52. The predicted octanol–water partition coefficient (Wildman–Crippen LogP) is 4.37. The van der Waals surface area contributed by atoms with Crippen molar-refractivity contribution in [2.75, 3.05) is 6.61 Å². The normalized spacial score (nSPS) is 25.4. The summed E-state index contributed by atoms with van der Waals surface area (Å²) in [5, 5.41) is 0. The minimum absolute atomic E-state index is 0.0377. The molecule has 2 heteroatoms. The van der Waals surface area contributed by atoms with E-state index in [2.05, 4.69) is 86.3 Å². The van der Waals surface area contributed by atoms with Gasteiger partial charge in [-0.25, -0.2) is 0 Å². The molecule has 0 amide bonds. The third-order valence-corrected chi connectivity index (χ3v) is 4.76. The average molecular weight is 291 g/mol. The molecule has 22 heavy (non-hydrogen) atoms. The highest BCUT2D eigenvalue weighted by atomic mass is 16.5. The summed E-state index contributed by atoms with van der Waals surface area (Å²) in [6.07, 6.45) is 2.27. The van der Waals surface area contributed by atoms with Gasteiger partial charge in [0, 0.05) is 16.8 Å². The Balaban J connectivity index is 2.06. The van der Waals surface area contributed by atoms with Gasteiger partial charge in [-0.05, 0) is 32.4 Å². The smallest absolute Gasteiger partial charge is 0.194 e. The van der Waals surface area contributed by atoms with E-state index in [1.54, 1.807) is 0 Å². The Morgan fingerprint density at radius 3 is 2.41 bits per heavy atom. The van der Waals surface area contributed by atoms with E-state index in [1.807, 2.05) is 0 Å². The summed E-state index contributed by atoms with van der Waals surface area (Å²) < 4.78 is 6.53. The Morgan fingerprint density at radius 1 is 0.955 bits per heavy atom. The van der Waals surface area contributed by atoms with Gasteiger partial charge < -0.3 is 9.64 Å². The highest BCUT2D eigenvalue weighted by Gasteiger charge is 2.56. The van der Waals surface area contributed by atoms with Crippen molar-refractivity contribution in [2.45, 2.75) is 32.0 Å². The van der Waals surface area contributed by atoms with E-state index < -0.39 is 5.72 Å². The average Bonchev–Trinajstić information content (AvgIpc) is 2.82. The molecular formula is C20H21NO. The molecule has 2 heterocycles. The fraction of sp³-hybridized carbons (Fsp3) is 0.300. The second kappa shape index (κ2) is 4.47. The largest absolute Gasteiger partial charge is 0.345 e. The molecule has 0 spiro atoms. The van der Waals surface area contributed by atoms with Crippen LogP contribution in [-0.4, -0.2) is 17.0 Å². The van der Waals surface area contributed by atoms with Crippen LogP contribution < -0.4 is 0 Å². The van der Waals surface area contributed by atoms with E-state index in [1.165, 1.54) is 22.4 Å². The standard InChI is InChI=1S/C20H21NO/c1-15-13-16-9-7-8-12-18(16)20(17-10-5-4-6-11-17)21(15)19(2,3)14-22-20/h4-13H,14H2,1-3H3/t20-/m0/s1. The summed E-state index contributed by atoms with van der Waals surface area (Å²) in [4.78, 5) is 2.44. The zero-order chi connectivity index (χ0) is 15.4. The van der Waals surface area contributed by atoms with Gasteiger partial charge in [0.15, 0.2) is 5.72 Å². The molecule has 0 saturated carbocycles. The van der Waals surface area contributed by atoms with E-state index >= 15 is 0 Å². The first-order chi connectivity index (χ1) is 10.6. The van der Waals surface area contributed by atoms with Gasteiger partial charge in [0.2, 0.25) is 0 Å². The Hall–Kier alpha value is -2.06. The number of rotatable bonds is 1. The van der Waals surface area contributed by atoms with Crippen molar-refractivity contribution in [1.82, 2.24) is 4.90 Å². The van der Waals surface area contributed by atoms with Gasteiger partial charge >= 0.3 is 0 Å². The van der Waals surface area contributed by atoms with Crippen LogP contribution in [-0.2, 0) is 10.5 Å². The van der Waals surface area contributed by atoms with E-state index in [-0.39, 0.29) is 5.54 Å². The Labute approximate surface area is 132 Å². The van der Waals surface area contributed by atoms with Crippen molar-refractivity contribution >= 4 is 6.08 Å². The third-order valence-electron chi connectivity index (χ3n) is 4.76. The molecule has 2 aromatic rings. The number of benzene rings is 2. The number of nitrogens with zero attached hydrogens (tertiary/aromatic N) is 1. The topological polar surface area (TPSA) is 12.5 Å². The van der Waals surface area contributed by atoms with Crippen LogP contribution >= 0.6 is 0 Å². The van der Waals surface area contributed by atoms with Crippen molar-refractivity contribution in [3.05, 3.63) is 77.0 Å². The van der Waals surface area contributed by atoms with Gasteiger partial charge in [0.05, 0.1) is 12.1 Å². The summed E-state index contributed by atoms with van der Waals surface area (Å²) in [6, 6.07) is 19.1. The molecule has 0 bridgehead atoms. The molecule has 4 rings (SSSR count). The molecule has 112 valence electrons. The first-order valence-electron chi connectivity index (χ1n) is 7.83. The molecule has 0 unspecified atom stereocenters. The van der Waals surface area contributed by atoms with E-state index in [9.17, 15) is 0 Å². The lowest BCUT2D eigenvalue weighted by Gasteiger charge is -2.47. The third kappa shape index (κ3) is 1.65. The molecule has 2 aliphatic rings. The fourth-order valence-electron chi connectivity index (χ4n) is 4.01. The molecule has 1 atom stereocenters. The number of hydrogen-bond donors (Lipinski definition) is 0. The lowest BCUT2D eigenvalue weighted by Crippen LogP contribution is -2.51. The lowest BCUT2D eigenvalue weighted by atomic mass is 9.84. The zero-order valence-corrected chi connectivity index (χ0v) is 13.3. The molecule has 0 aliphatic carbocycles. The fourth-order valence-corrected chi connectivity index (χ4v) is 4.01. The van der Waals surface area contributed by atoms with Gasteiger partial charge in [-0.15, -0.1) is 0 Å². The first-order valence-corrected chi connectivity index (χ1v) is 7.83. The van der Waals surface area contributed by atoms with Crippen LogP contribution in [0.3, 0.4) is 0 Å². The summed E-state index contributed by atoms with van der Waals surface area (Å²) in [5.41, 5.74) is 4.38. The number of allylic oxidation sites excluding steroid dienone is 1. The second-order valence-electron chi connectivity index (χ2n) is 6.82. The molecule has 2 aromatic carbocycles. The molecule has 1 fully saturated rings. The maximum absolute atomic E-state index is 6.53. The van der Waals surface area contributed by atoms with Crippen molar-refractivity contribution in [1.29, 1.82) is 0 Å². The maximum Gasteiger partial charge on any atom is 0.194 e. The van der Waals surface area contributed by atoms with Gasteiger partial charge in [0.25, 0.3) is 0 Å². The summed E-state index contributed by atoms with van der Waals surface area (Å²) in [6.45, 7) is 7.40. The summed E-state index contributed by atoms with van der Waals surface area (Å²) in [7, 11) is 0. The van der Waals surface area contributed by atoms with Crippen molar-refractivity contribution in [3.8, 4) is 0 Å². The highest BCUT2D eigenvalue weighted by molar-refractivity contribution is 5.63. The van der Waals surface area contributed by atoms with E-state index in [0.29, 0.717) is 6.61 Å². The molecule has 1 saturated heterocycles. The van der Waals surface area contributed by atoms with Gasteiger partial charge in [0.1, 0.15) is 0 Å². The van der Waals surface area contributed by atoms with E-state index in [0.717, 1.165) is 0 Å². The maximum atomic E-state index is 6.53. The molecule has 2 nitrogen and oxygen atoms in total. The zero-order valence-electron chi connectivity index (χ0n) is 13.3. The van der Waals surface area contributed by atoms with Crippen molar-refractivity contribution in [2.24, 2.45) is 0 Å². The Morgan fingerprint density at radius 2 is 1.64 bits per heavy atom. The van der Waals surface area contributed by atoms with Crippen molar-refractivity contribution in [3.63, 3.8) is 0 Å². The van der Waals surface area contributed by atoms with Crippen molar-refractivity contribution < 1.29 is 4.74 Å². The summed E-state index contributed by atoms with van der Waals surface area (Å²) >= 11 is 0. The molecular weight excluding hydrogens is 270 g/mol. The number of hydrogen-bond acceptors (Lipinski definition) is 2. The van der Waals surface area contributed by atoms with Gasteiger partial charge in [-0.2, -0.15) is 0 Å². The van der Waals surface area contributed by atoms with Crippen LogP contribution in [0.25, 0.3) is 6.08 Å². The minimum atomic E-state index is -0.514. The predicted molar refractivity (Wildman–Crippen MR) is 89.2 cm³/mol. The van der Waals surface area contributed by atoms with Crippen LogP contribution in [0.4, 0.5) is 0 Å². The quantitative estimate of drug-likeness (QED) is 0.773. The number of ether oxygens (including phenoxy) is 1. The molecule has 2 aliphatic heterocycles. The van der Waals surface area contributed by atoms with E-state index in [4.69, 9.17) is 4.74 Å². The van der Waals surface area contributed by atoms with Crippen LogP contribution in [0.2, 0.25) is 0 Å². The Bertz CT molecular complexity index is 747. The minimum Gasteiger partial charge on any atom is -0.345 e. The molecule has 0 radical (unpaired) electrons. The number of fused-ring (bicyclic) bond motifs is 3. The molecule has 0 aromatic heterocycles. The van der Waals surface area contributed by atoms with Crippen LogP contribution in [0, 0.1) is 0 Å². The molecule has 0 N–H and O–H groups in total. The monoisotopic (exact) mass is 291 g/mol. The van der Waals surface area contributed by atoms with Crippen LogP contribution in [0.15, 0.2) is 60.3 Å². The SMILES string of the molecule is CC1=Cc2ccccc2[C@]2(c3ccccc3)OCC(C)(C)N12. The first kappa shape index (κ1) is 13.6. The van der Waals surface area contributed by atoms with Gasteiger partial charge in [-0.3, -0.25) is 0 Å². The van der Waals surface area contributed by atoms with Gasteiger partial charge in [-0.1, -0.05) is 54.6 Å². The van der Waals surface area contributed by atoms with Crippen LogP contribution in [0.1, 0.15) is 37.5 Å². The summed E-state index contributed by atoms with van der Waals surface area (Å²) in [5.74, 6) is 0. The Kier molecular flexibility index (Phi) is 2.76. The van der Waals surface area contributed by atoms with Crippen LogP contribution in [0.5, 0.6) is 0 Å².